The van der Waals surface area contributed by atoms with E-state index in [-0.39, 0.29) is 0 Å². The largest absolute Gasteiger partial charge is 0.110 e. The fraction of sp³-hybridized carbons (Fsp3) is 1.00. The van der Waals surface area contributed by atoms with E-state index < -0.39 is 0 Å². The second kappa shape index (κ2) is 7.13. The lowest BCUT2D eigenvalue weighted by molar-refractivity contribution is 0.387. The molecule has 0 saturated heterocycles. The maximum absolute atomic E-state index is 2.48. The summed E-state index contributed by atoms with van der Waals surface area (Å²) in [6.45, 7) is 19.4. The lowest BCUT2D eigenvalue weighted by atomic mass is 9.91. The van der Waals surface area contributed by atoms with Crippen LogP contribution in [0.4, 0.5) is 0 Å². The van der Waals surface area contributed by atoms with Gasteiger partial charge in [0.05, 0.1) is 0 Å². The first kappa shape index (κ1) is 17.4. The highest BCUT2D eigenvalue weighted by Crippen LogP contribution is 2.51. The number of hydrogen-bond acceptors (Lipinski definition) is 0. The number of rotatable bonds is 8. The molecule has 0 N–H and O–H groups in total. The Bertz CT molecular complexity index is 184. The summed E-state index contributed by atoms with van der Waals surface area (Å²) in [7, 11) is 1.07. The van der Waals surface area contributed by atoms with Crippen molar-refractivity contribution in [2.75, 3.05) is 0 Å². The van der Waals surface area contributed by atoms with Gasteiger partial charge in [-0.05, 0) is 22.1 Å². The minimum absolute atomic E-state index is 0.501. The van der Waals surface area contributed by atoms with E-state index in [1.165, 1.54) is 25.7 Å². The summed E-state index contributed by atoms with van der Waals surface area (Å²) in [4.78, 5) is 0. The van der Waals surface area contributed by atoms with Gasteiger partial charge in [-0.25, -0.2) is 0 Å². The summed E-state index contributed by atoms with van der Waals surface area (Å²) in [5, 5.41) is 1.00. The second-order valence-corrected chi connectivity index (χ2v) is 9.78. The molecule has 0 radical (unpaired) electrons. The van der Waals surface area contributed by atoms with Gasteiger partial charge in [-0.3, -0.25) is 0 Å². The van der Waals surface area contributed by atoms with E-state index in [0.29, 0.717) is 10.3 Å². The van der Waals surface area contributed by atoms with Crippen molar-refractivity contribution in [2.45, 2.75) is 91.4 Å². The third kappa shape index (κ3) is 5.73. The number of hydrogen-bond donors (Lipinski definition) is 0. The Labute approximate surface area is 112 Å². The fourth-order valence-corrected chi connectivity index (χ4v) is 5.11. The third-order valence-corrected chi connectivity index (χ3v) is 6.83. The molecular formula is C16H35P. The fourth-order valence-electron chi connectivity index (χ4n) is 2.66. The Kier molecular flexibility index (Phi) is 7.31. The lowest BCUT2D eigenvalue weighted by Gasteiger charge is -2.42. The average molecular weight is 258 g/mol. The molecule has 0 spiro atoms. The maximum atomic E-state index is 2.48. The van der Waals surface area contributed by atoms with Gasteiger partial charge in [-0.15, -0.1) is 8.58 Å². The monoisotopic (exact) mass is 258 g/mol. The molecule has 0 aromatic rings. The minimum Gasteiger partial charge on any atom is -0.110 e. The average Bonchev–Trinajstić information content (AvgIpc) is 2.16. The zero-order valence-electron chi connectivity index (χ0n) is 13.5. The van der Waals surface area contributed by atoms with Gasteiger partial charge in [0.2, 0.25) is 0 Å². The molecule has 0 aliphatic heterocycles. The second-order valence-electron chi connectivity index (χ2n) is 6.95. The van der Waals surface area contributed by atoms with Gasteiger partial charge < -0.3 is 0 Å². The van der Waals surface area contributed by atoms with Crippen molar-refractivity contribution >= 4 is 8.58 Å². The molecule has 0 fully saturated rings. The first-order chi connectivity index (χ1) is 7.67. The summed E-state index contributed by atoms with van der Waals surface area (Å²) in [6.07, 6.45) is 5.39. The molecule has 0 bridgehead atoms. The Balaban J connectivity index is 4.56. The van der Waals surface area contributed by atoms with Gasteiger partial charge in [0, 0.05) is 0 Å². The van der Waals surface area contributed by atoms with Crippen LogP contribution in [-0.2, 0) is 0 Å². The van der Waals surface area contributed by atoms with E-state index in [1.807, 2.05) is 0 Å². The quantitative estimate of drug-likeness (QED) is 0.462. The topological polar surface area (TPSA) is 0 Å². The molecule has 0 aromatic heterocycles. The Morgan fingerprint density at radius 1 is 0.765 bits per heavy atom. The van der Waals surface area contributed by atoms with Crippen molar-refractivity contribution in [3.8, 4) is 0 Å². The highest BCUT2D eigenvalue weighted by Gasteiger charge is 2.35. The first-order valence-corrected chi connectivity index (χ1v) is 8.46. The van der Waals surface area contributed by atoms with E-state index in [0.717, 1.165) is 20.4 Å². The van der Waals surface area contributed by atoms with Crippen LogP contribution in [0.25, 0.3) is 0 Å². The molecule has 0 nitrogen and oxygen atoms in total. The highest BCUT2D eigenvalue weighted by molar-refractivity contribution is 7.41. The van der Waals surface area contributed by atoms with Crippen molar-refractivity contribution < 1.29 is 0 Å². The van der Waals surface area contributed by atoms with Crippen LogP contribution in [0.5, 0.6) is 0 Å². The van der Waals surface area contributed by atoms with Gasteiger partial charge >= 0.3 is 0 Å². The predicted octanol–water partition coefficient (Wildman–Crippen LogP) is 6.09. The summed E-state index contributed by atoms with van der Waals surface area (Å²) >= 11 is 0. The maximum Gasteiger partial charge on any atom is -0.0148 e. The summed E-state index contributed by atoms with van der Waals surface area (Å²) < 4.78 is 0. The molecule has 0 aliphatic carbocycles. The van der Waals surface area contributed by atoms with Crippen LogP contribution in [0.1, 0.15) is 81.1 Å². The standard InChI is InChI=1S/C16H35P/c1-9-11-13(3)15(5,6)17-16(7,8)14(4)12-10-2/h13-14,17H,9-12H2,1-8H3. The first-order valence-electron chi connectivity index (χ1n) is 7.46. The molecule has 0 aromatic carbocycles. The van der Waals surface area contributed by atoms with Crippen LogP contribution < -0.4 is 0 Å². The molecule has 1 heteroatoms. The van der Waals surface area contributed by atoms with E-state index in [9.17, 15) is 0 Å². The third-order valence-electron chi connectivity index (χ3n) is 4.55. The molecule has 2 atom stereocenters. The van der Waals surface area contributed by atoms with E-state index >= 15 is 0 Å². The Morgan fingerprint density at radius 3 is 1.29 bits per heavy atom. The van der Waals surface area contributed by atoms with Crippen molar-refractivity contribution in [3.05, 3.63) is 0 Å². The molecule has 104 valence electrons. The highest BCUT2D eigenvalue weighted by atomic mass is 31.1. The lowest BCUT2D eigenvalue weighted by Crippen LogP contribution is -2.33. The Morgan fingerprint density at radius 2 is 1.06 bits per heavy atom. The van der Waals surface area contributed by atoms with Crippen LogP contribution in [-0.4, -0.2) is 10.3 Å². The van der Waals surface area contributed by atoms with Crippen LogP contribution in [0, 0.1) is 11.8 Å². The smallest absolute Gasteiger partial charge is 0.0148 e. The van der Waals surface area contributed by atoms with Gasteiger partial charge in [0.1, 0.15) is 0 Å². The molecule has 0 heterocycles. The van der Waals surface area contributed by atoms with E-state index in [2.05, 4.69) is 55.4 Å². The van der Waals surface area contributed by atoms with Gasteiger partial charge in [0.25, 0.3) is 0 Å². The molecule has 0 rings (SSSR count). The van der Waals surface area contributed by atoms with Crippen molar-refractivity contribution in [1.29, 1.82) is 0 Å². The van der Waals surface area contributed by atoms with E-state index in [1.54, 1.807) is 0 Å². The van der Waals surface area contributed by atoms with Gasteiger partial charge in [-0.2, -0.15) is 0 Å². The molecule has 0 saturated carbocycles. The summed E-state index contributed by atoms with van der Waals surface area (Å²) in [6, 6.07) is 0. The zero-order chi connectivity index (χ0) is 13.7. The van der Waals surface area contributed by atoms with E-state index in [4.69, 9.17) is 0 Å². The molecular weight excluding hydrogens is 223 g/mol. The molecule has 0 aliphatic rings. The summed E-state index contributed by atoms with van der Waals surface area (Å²) in [5.74, 6) is 1.69. The van der Waals surface area contributed by atoms with Crippen LogP contribution >= 0.6 is 8.58 Å². The van der Waals surface area contributed by atoms with Crippen molar-refractivity contribution in [2.24, 2.45) is 11.8 Å². The predicted molar refractivity (Wildman–Crippen MR) is 84.6 cm³/mol. The van der Waals surface area contributed by atoms with Gasteiger partial charge in [0.15, 0.2) is 0 Å². The molecule has 17 heavy (non-hydrogen) atoms. The zero-order valence-corrected chi connectivity index (χ0v) is 14.5. The Hall–Kier alpha value is 0.430. The van der Waals surface area contributed by atoms with Crippen LogP contribution in [0.3, 0.4) is 0 Å². The van der Waals surface area contributed by atoms with Crippen LogP contribution in [0.2, 0.25) is 0 Å². The normalized spacial score (nSPS) is 17.6. The minimum atomic E-state index is 0.501. The van der Waals surface area contributed by atoms with Gasteiger partial charge in [-0.1, -0.05) is 81.1 Å². The molecule has 2 unspecified atom stereocenters. The summed E-state index contributed by atoms with van der Waals surface area (Å²) in [5.41, 5.74) is 0. The van der Waals surface area contributed by atoms with Crippen LogP contribution in [0.15, 0.2) is 0 Å². The van der Waals surface area contributed by atoms with Crippen molar-refractivity contribution in [3.63, 3.8) is 0 Å². The molecule has 0 amide bonds. The SMILES string of the molecule is CCCC(C)C(C)(C)PC(C)(C)C(C)CCC. The van der Waals surface area contributed by atoms with Crippen molar-refractivity contribution in [1.82, 2.24) is 0 Å².